The van der Waals surface area contributed by atoms with Crippen LogP contribution in [0.1, 0.15) is 12.5 Å². The topological polar surface area (TPSA) is 26.3 Å². The number of hydrogen-bond acceptors (Lipinski definition) is 2. The number of rotatable bonds is 5. The predicted octanol–water partition coefficient (Wildman–Crippen LogP) is 7.50. The average molecular weight is 597 g/mol. The molecule has 0 atom stereocenters. The molecule has 0 amide bonds. The zero-order valence-corrected chi connectivity index (χ0v) is 25.6. The molecule has 2 nitrogen and oxygen atoms in total. The summed E-state index contributed by atoms with van der Waals surface area (Å²) in [5.41, 5.74) is 1.17. The van der Waals surface area contributed by atoms with Crippen LogP contribution in [-0.2, 0) is 17.8 Å². The van der Waals surface area contributed by atoms with E-state index in [2.05, 4.69) is 67.2 Å². The number of carbonyl (C=O) groups excluding carboxylic acids is 1. The van der Waals surface area contributed by atoms with Crippen LogP contribution in [0.2, 0.25) is 0 Å². The molecule has 0 saturated heterocycles. The second kappa shape index (κ2) is 16.6. The molecule has 35 heavy (non-hydrogen) atoms. The average Bonchev–Trinajstić information content (AvgIpc) is 2.87. The van der Waals surface area contributed by atoms with Gasteiger partial charge < -0.3 is 4.74 Å². The Morgan fingerprint density at radius 1 is 0.714 bits per heavy atom. The maximum atomic E-state index is 11.1. The SMILES string of the molecule is C=Cc1ccccc1.CC(=O)Oc1ccc([PH+](c2ccccc2)c2ccccc2)cc1.[Cl][Zn-]([Cl])[Cl]. The van der Waals surface area contributed by atoms with Crippen LogP contribution in [0.15, 0.2) is 122 Å². The van der Waals surface area contributed by atoms with Gasteiger partial charge in [0, 0.05) is 6.92 Å². The van der Waals surface area contributed by atoms with Gasteiger partial charge in [0.15, 0.2) is 0 Å². The first kappa shape index (κ1) is 29.2. The monoisotopic (exact) mass is 594 g/mol. The standard InChI is InChI=1S/C20H17O2P.C8H8.3ClH.Zn/c1-16(21)22-17-12-14-20(15-13-17)23(18-8-4-2-5-9-18)19-10-6-3-7-11-19;1-2-8-6-4-3-5-7-8;;;;/h2-15H,1H3;2-7H,1H2;3*1H;/q;;;;;+2/p-2. The molecule has 0 heterocycles. The third-order valence-corrected chi connectivity index (χ3v) is 7.30. The van der Waals surface area contributed by atoms with Gasteiger partial charge in [0.05, 0.1) is 7.92 Å². The number of esters is 1. The molecule has 4 aromatic rings. The summed E-state index contributed by atoms with van der Waals surface area (Å²) in [7, 11) is 14.0. The van der Waals surface area contributed by atoms with Crippen LogP contribution in [0.25, 0.3) is 6.08 Å². The third kappa shape index (κ3) is 11.5. The molecular formula is C28H26Cl3O2PZn. The van der Waals surface area contributed by atoms with Crippen LogP contribution in [-0.4, -0.2) is 5.97 Å². The van der Waals surface area contributed by atoms with Crippen molar-refractivity contribution in [3.63, 3.8) is 0 Å². The molecule has 0 N–H and O–H groups in total. The fourth-order valence-electron chi connectivity index (χ4n) is 3.15. The van der Waals surface area contributed by atoms with Crippen LogP contribution in [0.4, 0.5) is 0 Å². The van der Waals surface area contributed by atoms with Crippen molar-refractivity contribution in [1.82, 2.24) is 0 Å². The fourth-order valence-corrected chi connectivity index (χ4v) is 5.71. The molecule has 0 unspecified atom stereocenters. The number of ether oxygens (including phenoxy) is 1. The number of hydrogen-bond donors (Lipinski definition) is 0. The molecule has 4 rings (SSSR count). The molecular weight excluding hydrogens is 571 g/mol. The van der Waals surface area contributed by atoms with Gasteiger partial charge in [-0.15, -0.1) is 0 Å². The Morgan fingerprint density at radius 3 is 1.43 bits per heavy atom. The van der Waals surface area contributed by atoms with Crippen LogP contribution in [0, 0.1) is 0 Å². The Balaban J connectivity index is 0.000000297. The van der Waals surface area contributed by atoms with Crippen molar-refractivity contribution in [3.8, 4) is 5.75 Å². The maximum absolute atomic E-state index is 11.1. The van der Waals surface area contributed by atoms with E-state index < -0.39 is 20.9 Å². The zero-order chi connectivity index (χ0) is 25.5. The molecule has 4 aromatic carbocycles. The van der Waals surface area contributed by atoms with Crippen LogP contribution < -0.4 is 20.7 Å². The van der Waals surface area contributed by atoms with Crippen LogP contribution in [0.3, 0.4) is 0 Å². The van der Waals surface area contributed by atoms with Gasteiger partial charge in [-0.25, -0.2) is 0 Å². The summed E-state index contributed by atoms with van der Waals surface area (Å²) >= 11 is -2.21. The molecule has 7 heteroatoms. The van der Waals surface area contributed by atoms with Gasteiger partial charge in [-0.2, -0.15) is 0 Å². The fraction of sp³-hybridized carbons (Fsp3) is 0.0357. The summed E-state index contributed by atoms with van der Waals surface area (Å²) in [4.78, 5) is 11.1. The summed E-state index contributed by atoms with van der Waals surface area (Å²) in [5, 5.41) is 3.94. The third-order valence-electron chi connectivity index (χ3n) is 4.56. The van der Waals surface area contributed by atoms with Crippen LogP contribution >= 0.6 is 37.0 Å². The number of carbonyl (C=O) groups is 1. The summed E-state index contributed by atoms with van der Waals surface area (Å²) < 4.78 is 5.13. The van der Waals surface area contributed by atoms with Crippen molar-refractivity contribution in [2.75, 3.05) is 0 Å². The molecule has 0 saturated carbocycles. The van der Waals surface area contributed by atoms with Gasteiger partial charge in [0.25, 0.3) is 0 Å². The second-order valence-corrected chi connectivity index (χ2v) is 23.5. The molecule has 0 radical (unpaired) electrons. The van der Waals surface area contributed by atoms with Gasteiger partial charge in [0.1, 0.15) is 21.7 Å². The molecule has 0 aliphatic rings. The molecule has 0 spiro atoms. The van der Waals surface area contributed by atoms with E-state index in [4.69, 9.17) is 33.8 Å². The molecule has 0 fully saturated rings. The van der Waals surface area contributed by atoms with Crippen LogP contribution in [0.5, 0.6) is 5.75 Å². The number of halogens is 3. The number of benzene rings is 4. The van der Waals surface area contributed by atoms with E-state index in [1.807, 2.05) is 60.7 Å². The Labute approximate surface area is 226 Å². The van der Waals surface area contributed by atoms with Gasteiger partial charge in [-0.1, -0.05) is 79.4 Å². The van der Waals surface area contributed by atoms with E-state index in [-0.39, 0.29) is 5.97 Å². The van der Waals surface area contributed by atoms with Gasteiger partial charge in [0.2, 0.25) is 0 Å². The van der Waals surface area contributed by atoms with Crippen molar-refractivity contribution in [1.29, 1.82) is 0 Å². The molecule has 0 aromatic heterocycles. The molecule has 0 aliphatic heterocycles. The van der Waals surface area contributed by atoms with E-state index >= 15 is 0 Å². The van der Waals surface area contributed by atoms with E-state index in [1.165, 1.54) is 28.4 Å². The first-order chi connectivity index (χ1) is 16.9. The molecule has 178 valence electrons. The summed E-state index contributed by atoms with van der Waals surface area (Å²) in [6.45, 7) is 5.04. The van der Waals surface area contributed by atoms with Crippen molar-refractivity contribution in [2.45, 2.75) is 6.92 Å². The summed E-state index contributed by atoms with van der Waals surface area (Å²) in [5.74, 6) is 0.290. The molecule has 0 aliphatic carbocycles. The minimum atomic E-state index is -2.21. The van der Waals surface area contributed by atoms with E-state index in [0.29, 0.717) is 5.75 Å². The first-order valence-corrected chi connectivity index (χ1v) is 24.1. The van der Waals surface area contributed by atoms with E-state index in [9.17, 15) is 4.79 Å². The van der Waals surface area contributed by atoms with Gasteiger partial charge in [-0.3, -0.25) is 4.79 Å². The minimum absolute atomic E-state index is 0.297. The Morgan fingerprint density at radius 2 is 1.09 bits per heavy atom. The second-order valence-electron chi connectivity index (χ2n) is 7.14. The van der Waals surface area contributed by atoms with Crippen molar-refractivity contribution in [3.05, 3.63) is 127 Å². The summed E-state index contributed by atoms with van der Waals surface area (Å²) in [6.07, 6.45) is 1.83. The zero-order valence-electron chi connectivity index (χ0n) is 19.4. The van der Waals surface area contributed by atoms with E-state index in [0.717, 1.165) is 0 Å². The van der Waals surface area contributed by atoms with Crippen molar-refractivity contribution in [2.24, 2.45) is 0 Å². The Hall–Kier alpha value is -1.99. The van der Waals surface area contributed by atoms with Gasteiger partial charge in [-0.05, 0) is 54.1 Å². The van der Waals surface area contributed by atoms with Crippen molar-refractivity contribution < 1.29 is 22.5 Å². The predicted molar refractivity (Wildman–Crippen MR) is 152 cm³/mol. The first-order valence-electron chi connectivity index (χ1n) is 10.9. The van der Waals surface area contributed by atoms with Crippen molar-refractivity contribution >= 4 is 65.0 Å². The Kier molecular flexibility index (Phi) is 13.9. The van der Waals surface area contributed by atoms with Gasteiger partial charge >= 0.3 is 48.0 Å². The quantitative estimate of drug-likeness (QED) is 0.103. The molecule has 0 bridgehead atoms. The normalized spacial score (nSPS) is 9.63. The van der Waals surface area contributed by atoms with E-state index in [1.54, 1.807) is 0 Å². The summed E-state index contributed by atoms with van der Waals surface area (Å²) in [6, 6.07) is 39.0. The Bertz CT molecular complexity index is 1100.